The van der Waals surface area contributed by atoms with Gasteiger partial charge in [0.15, 0.2) is 0 Å². The van der Waals surface area contributed by atoms with Crippen LogP contribution in [0.15, 0.2) is 24.3 Å². The third-order valence-corrected chi connectivity index (χ3v) is 4.94. The lowest BCUT2D eigenvalue weighted by molar-refractivity contribution is -0.384. The molecular formula is C15H21N3O5S. The Bertz CT molecular complexity index is 699. The molecule has 1 rings (SSSR count). The molecule has 1 unspecified atom stereocenters. The molecule has 0 aromatic heterocycles. The Balaban J connectivity index is 2.90. The van der Waals surface area contributed by atoms with Gasteiger partial charge in [-0.1, -0.05) is 19.1 Å². The van der Waals surface area contributed by atoms with Gasteiger partial charge in [-0.2, -0.15) is 9.57 Å². The molecule has 0 radical (unpaired) electrons. The molecule has 0 N–H and O–H groups in total. The summed E-state index contributed by atoms with van der Waals surface area (Å²) >= 11 is 0. The van der Waals surface area contributed by atoms with Gasteiger partial charge in [-0.25, -0.2) is 8.42 Å². The third kappa shape index (κ3) is 6.23. The first-order chi connectivity index (χ1) is 11.3. The molecule has 0 saturated carbocycles. The molecule has 1 aromatic rings. The maximum absolute atomic E-state index is 12.5. The highest BCUT2D eigenvalue weighted by atomic mass is 32.2. The fourth-order valence-corrected chi connectivity index (χ4v) is 3.55. The average molecular weight is 355 g/mol. The lowest BCUT2D eigenvalue weighted by Crippen LogP contribution is -2.38. The molecule has 0 spiro atoms. The van der Waals surface area contributed by atoms with Gasteiger partial charge in [0.2, 0.25) is 10.0 Å². The maximum atomic E-state index is 12.5. The van der Waals surface area contributed by atoms with Gasteiger partial charge in [-0.05, 0) is 18.9 Å². The number of nitriles is 1. The number of sulfonamides is 1. The Morgan fingerprint density at radius 3 is 2.75 bits per heavy atom. The van der Waals surface area contributed by atoms with Gasteiger partial charge in [0, 0.05) is 25.3 Å². The molecule has 0 saturated heterocycles. The van der Waals surface area contributed by atoms with Gasteiger partial charge in [-0.15, -0.1) is 0 Å². The quantitative estimate of drug-likeness (QED) is 0.360. The van der Waals surface area contributed by atoms with Crippen molar-refractivity contribution in [1.82, 2.24) is 4.31 Å². The number of nitro groups is 1. The van der Waals surface area contributed by atoms with E-state index in [9.17, 15) is 18.5 Å². The van der Waals surface area contributed by atoms with Gasteiger partial charge >= 0.3 is 0 Å². The van der Waals surface area contributed by atoms with E-state index in [0.717, 1.165) is 10.7 Å². The van der Waals surface area contributed by atoms with E-state index in [2.05, 4.69) is 0 Å². The Kier molecular flexibility index (Phi) is 7.78. The van der Waals surface area contributed by atoms with Gasteiger partial charge in [0.1, 0.15) is 6.54 Å². The third-order valence-electron chi connectivity index (χ3n) is 3.18. The number of non-ortho nitro benzene ring substituents is 1. The van der Waals surface area contributed by atoms with Crippen molar-refractivity contribution in [2.75, 3.05) is 19.7 Å². The number of nitro benzene ring substituents is 1. The topological polar surface area (TPSA) is 114 Å². The van der Waals surface area contributed by atoms with Crippen molar-refractivity contribution in [3.05, 3.63) is 39.9 Å². The van der Waals surface area contributed by atoms with E-state index in [-0.39, 0.29) is 24.9 Å². The molecule has 0 aliphatic rings. The van der Waals surface area contributed by atoms with E-state index in [1.807, 2.05) is 13.0 Å². The van der Waals surface area contributed by atoms with Crippen molar-refractivity contribution in [2.45, 2.75) is 32.1 Å². The molecular weight excluding hydrogens is 334 g/mol. The Morgan fingerprint density at radius 2 is 2.17 bits per heavy atom. The Hall–Kier alpha value is -2.02. The van der Waals surface area contributed by atoms with E-state index in [0.29, 0.717) is 12.2 Å². The van der Waals surface area contributed by atoms with Crippen LogP contribution in [-0.4, -0.2) is 43.4 Å². The lowest BCUT2D eigenvalue weighted by atomic mass is 10.2. The molecule has 132 valence electrons. The number of ether oxygens (including phenoxy) is 1. The highest BCUT2D eigenvalue weighted by molar-refractivity contribution is 7.88. The van der Waals surface area contributed by atoms with Gasteiger partial charge < -0.3 is 4.74 Å². The van der Waals surface area contributed by atoms with Crippen LogP contribution in [-0.2, 0) is 20.5 Å². The molecule has 9 heteroatoms. The van der Waals surface area contributed by atoms with Crippen molar-refractivity contribution in [3.8, 4) is 6.07 Å². The van der Waals surface area contributed by atoms with Crippen LogP contribution in [0, 0.1) is 21.4 Å². The average Bonchev–Trinajstić information content (AvgIpc) is 2.52. The molecule has 0 fully saturated rings. The normalized spacial score (nSPS) is 12.8. The Morgan fingerprint density at radius 1 is 1.46 bits per heavy atom. The van der Waals surface area contributed by atoms with Crippen molar-refractivity contribution in [2.24, 2.45) is 0 Å². The molecule has 1 aromatic carbocycles. The van der Waals surface area contributed by atoms with Crippen molar-refractivity contribution >= 4 is 15.7 Å². The molecule has 8 nitrogen and oxygen atoms in total. The number of hydrogen-bond acceptors (Lipinski definition) is 6. The van der Waals surface area contributed by atoms with E-state index >= 15 is 0 Å². The van der Waals surface area contributed by atoms with Crippen LogP contribution in [0.3, 0.4) is 0 Å². The summed E-state index contributed by atoms with van der Waals surface area (Å²) in [5, 5.41) is 19.7. The molecule has 1 atom stereocenters. The summed E-state index contributed by atoms with van der Waals surface area (Å²) in [5.41, 5.74) is 0.128. The lowest BCUT2D eigenvalue weighted by Gasteiger charge is -2.23. The fraction of sp³-hybridized carbons (Fsp3) is 0.533. The van der Waals surface area contributed by atoms with Gasteiger partial charge in [0.05, 0.1) is 22.8 Å². The van der Waals surface area contributed by atoms with Crippen LogP contribution in [0.2, 0.25) is 0 Å². The summed E-state index contributed by atoms with van der Waals surface area (Å²) < 4.78 is 31.6. The van der Waals surface area contributed by atoms with Crippen LogP contribution < -0.4 is 0 Å². The van der Waals surface area contributed by atoms with E-state index in [1.54, 1.807) is 6.92 Å². The first kappa shape index (κ1) is 20.0. The number of benzene rings is 1. The monoisotopic (exact) mass is 355 g/mol. The minimum absolute atomic E-state index is 0.0603. The van der Waals surface area contributed by atoms with E-state index < -0.39 is 20.7 Å². The summed E-state index contributed by atoms with van der Waals surface area (Å²) in [6.07, 6.45) is 0.460. The predicted molar refractivity (Wildman–Crippen MR) is 88.6 cm³/mol. The minimum Gasteiger partial charge on any atom is -0.377 e. The van der Waals surface area contributed by atoms with Gasteiger partial charge in [0.25, 0.3) is 5.69 Å². The van der Waals surface area contributed by atoms with Crippen molar-refractivity contribution in [3.63, 3.8) is 0 Å². The molecule has 0 aliphatic heterocycles. The molecule has 24 heavy (non-hydrogen) atoms. The second kappa shape index (κ2) is 9.32. The number of rotatable bonds is 10. The van der Waals surface area contributed by atoms with Crippen LogP contribution >= 0.6 is 0 Å². The van der Waals surface area contributed by atoms with Crippen LogP contribution in [0.1, 0.15) is 25.8 Å². The van der Waals surface area contributed by atoms with E-state index in [1.165, 1.54) is 24.3 Å². The predicted octanol–water partition coefficient (Wildman–Crippen LogP) is 2.07. The summed E-state index contributed by atoms with van der Waals surface area (Å²) in [5.74, 6) is -0.406. The smallest absolute Gasteiger partial charge is 0.269 e. The van der Waals surface area contributed by atoms with Crippen molar-refractivity contribution < 1.29 is 18.1 Å². The van der Waals surface area contributed by atoms with Crippen LogP contribution in [0.4, 0.5) is 5.69 Å². The zero-order chi connectivity index (χ0) is 18.2. The van der Waals surface area contributed by atoms with Crippen LogP contribution in [0.25, 0.3) is 0 Å². The minimum atomic E-state index is -3.79. The zero-order valence-electron chi connectivity index (χ0n) is 13.7. The molecule has 0 aliphatic carbocycles. The maximum Gasteiger partial charge on any atom is 0.269 e. The largest absolute Gasteiger partial charge is 0.377 e. The van der Waals surface area contributed by atoms with E-state index in [4.69, 9.17) is 10.00 Å². The fourth-order valence-electron chi connectivity index (χ4n) is 2.08. The summed E-state index contributed by atoms with van der Waals surface area (Å²) in [6, 6.07) is 7.29. The molecule has 0 heterocycles. The SMILES string of the molecule is CCCOC(C)CN(CC#N)S(=O)(=O)Cc1cccc([N+](=O)[O-])c1. The van der Waals surface area contributed by atoms with Crippen molar-refractivity contribution in [1.29, 1.82) is 5.26 Å². The first-order valence-electron chi connectivity index (χ1n) is 7.49. The summed E-state index contributed by atoms with van der Waals surface area (Å²) in [6.45, 7) is 3.95. The second-order valence-electron chi connectivity index (χ2n) is 5.32. The number of nitrogens with zero attached hydrogens (tertiary/aromatic N) is 3. The standard InChI is InChI=1S/C15H21N3O5S/c1-3-9-23-13(2)11-17(8-7-16)24(21,22)12-14-5-4-6-15(10-14)18(19)20/h4-6,10,13H,3,8-9,11-12H2,1-2H3. The summed E-state index contributed by atoms with van der Waals surface area (Å²) in [4.78, 5) is 10.2. The molecule has 0 amide bonds. The first-order valence-corrected chi connectivity index (χ1v) is 9.10. The highest BCUT2D eigenvalue weighted by Gasteiger charge is 2.25. The number of hydrogen-bond donors (Lipinski definition) is 0. The van der Waals surface area contributed by atoms with Gasteiger partial charge in [-0.3, -0.25) is 10.1 Å². The summed E-state index contributed by atoms with van der Waals surface area (Å²) in [7, 11) is -3.79. The molecule has 0 bridgehead atoms. The highest BCUT2D eigenvalue weighted by Crippen LogP contribution is 2.17. The zero-order valence-corrected chi connectivity index (χ0v) is 14.5. The van der Waals surface area contributed by atoms with Crippen LogP contribution in [0.5, 0.6) is 0 Å². The Labute approximate surface area is 141 Å². The second-order valence-corrected chi connectivity index (χ2v) is 7.28.